The predicted octanol–water partition coefficient (Wildman–Crippen LogP) is 13.8. The van der Waals surface area contributed by atoms with E-state index < -0.39 is 215 Å². The van der Waals surface area contributed by atoms with Gasteiger partial charge in [-0.3, -0.25) is 24.0 Å². The third kappa shape index (κ3) is 28.8. The molecule has 2 aliphatic rings. The molecule has 2 fully saturated rings. The summed E-state index contributed by atoms with van der Waals surface area (Å²) in [6.07, 6.45) is -19.8. The number of hydrogen-bond donors (Lipinski definition) is 9. The van der Waals surface area contributed by atoms with Crippen LogP contribution in [0, 0.1) is 11.8 Å². The summed E-state index contributed by atoms with van der Waals surface area (Å²) in [5, 5.41) is 55.0. The number of rotatable bonds is 42. The molecule has 2 heterocycles. The van der Waals surface area contributed by atoms with Crippen molar-refractivity contribution in [2.24, 2.45) is 11.8 Å². The lowest BCUT2D eigenvalue weighted by Crippen LogP contribution is -2.70. The Hall–Kier alpha value is -11.7. The Morgan fingerprint density at radius 3 is 1.14 bits per heavy atom. The average Bonchev–Trinajstić information content (AvgIpc) is 0.759. The number of aliphatic hydroxyl groups is 3. The van der Waals surface area contributed by atoms with Crippen molar-refractivity contribution in [2.45, 2.75) is 247 Å². The molecule has 6 amide bonds. The minimum Gasteiger partial charge on any atom is -0.458 e. The first kappa shape index (κ1) is 109. The maximum absolute atomic E-state index is 16.5. The van der Waals surface area contributed by atoms with Gasteiger partial charge in [-0.15, -0.1) is 23.5 Å². The van der Waals surface area contributed by atoms with Crippen molar-refractivity contribution in [3.63, 3.8) is 0 Å². The van der Waals surface area contributed by atoms with Crippen LogP contribution in [-0.4, -0.2) is 215 Å². The fourth-order valence-electron chi connectivity index (χ4n) is 17.0. The third-order valence-corrected chi connectivity index (χ3v) is 26.6. The van der Waals surface area contributed by atoms with Crippen LogP contribution in [0.1, 0.15) is 174 Å². The Bertz CT molecular complexity index is 5200. The van der Waals surface area contributed by atoms with Crippen molar-refractivity contribution in [3.8, 4) is 0 Å². The lowest BCUT2D eigenvalue weighted by molar-refractivity contribution is -0.348. The summed E-state index contributed by atoms with van der Waals surface area (Å²) in [5.74, 6) is -8.77. The minimum atomic E-state index is -2.32. The lowest BCUT2D eigenvalue weighted by atomic mass is 9.77. The number of carbonyl (C=O) groups is 9. The summed E-state index contributed by atoms with van der Waals surface area (Å²) >= 11 is 2.70. The molecule has 0 saturated carbocycles. The van der Waals surface area contributed by atoms with Gasteiger partial charge in [0.05, 0.1) is 16.1 Å². The van der Waals surface area contributed by atoms with Crippen molar-refractivity contribution < 1.29 is 106 Å². The molecule has 15 atom stereocenters. The van der Waals surface area contributed by atoms with E-state index in [0.29, 0.717) is 23.1 Å². The van der Waals surface area contributed by atoms with E-state index in [-0.39, 0.29) is 17.9 Å². The topological polar surface area (TPSA) is 379 Å². The molecule has 748 valence electrons. The molecule has 28 nitrogen and oxygen atoms in total. The molecular weight excluding hydrogens is 1820 g/mol. The fraction of sp³-hybridized carbons (Fsp3) is 0.427. The highest BCUT2D eigenvalue weighted by atomic mass is 32.2. The summed E-state index contributed by atoms with van der Waals surface area (Å²) in [7, 11) is 0. The van der Waals surface area contributed by atoms with Crippen molar-refractivity contribution in [1.29, 1.82) is 0 Å². The zero-order valence-corrected chi connectivity index (χ0v) is 83.9. The van der Waals surface area contributed by atoms with Gasteiger partial charge >= 0.3 is 24.0 Å². The molecule has 140 heavy (non-hydrogen) atoms. The molecular formula is C110H134N6O22S2. The van der Waals surface area contributed by atoms with Gasteiger partial charge in [0.15, 0.2) is 18.7 Å². The molecule has 9 aromatic rings. The highest BCUT2D eigenvalue weighted by Crippen LogP contribution is 2.51. The van der Waals surface area contributed by atoms with E-state index >= 15 is 24.0 Å². The molecule has 11 rings (SSSR count). The van der Waals surface area contributed by atoms with E-state index in [1.54, 1.807) is 104 Å². The van der Waals surface area contributed by atoms with Crippen LogP contribution in [0.5, 0.6) is 0 Å². The van der Waals surface area contributed by atoms with Crippen LogP contribution in [0.15, 0.2) is 273 Å². The monoisotopic (exact) mass is 1950 g/mol. The number of nitrogens with one attached hydrogen (secondary N) is 6. The molecule has 2 saturated heterocycles. The molecule has 0 aromatic heterocycles. The second-order valence-electron chi connectivity index (χ2n) is 39.2. The van der Waals surface area contributed by atoms with Crippen LogP contribution in [0.2, 0.25) is 0 Å². The average molecular weight is 1960 g/mol. The Balaban J connectivity index is 0.985. The number of aliphatic hydroxyl groups excluding tert-OH is 3. The van der Waals surface area contributed by atoms with Gasteiger partial charge in [-0.05, 0) is 151 Å². The number of esters is 3. The lowest BCUT2D eigenvalue weighted by Gasteiger charge is -2.49. The molecule has 0 radical (unpaired) electrons. The quantitative estimate of drug-likeness (QED) is 0.00974. The Morgan fingerprint density at radius 2 is 0.771 bits per heavy atom. The largest absolute Gasteiger partial charge is 0.458 e. The first-order valence-electron chi connectivity index (χ1n) is 47.3. The second kappa shape index (κ2) is 49.2. The second-order valence-corrected chi connectivity index (χ2v) is 41.7. The first-order valence-corrected chi connectivity index (χ1v) is 49.3. The van der Waals surface area contributed by atoms with Gasteiger partial charge in [-0.1, -0.05) is 307 Å². The van der Waals surface area contributed by atoms with Gasteiger partial charge in [0.1, 0.15) is 115 Å². The highest BCUT2D eigenvalue weighted by molar-refractivity contribution is 8.01. The maximum atomic E-state index is 16.5. The van der Waals surface area contributed by atoms with Crippen LogP contribution < -0.4 is 31.9 Å². The number of hydrogen-bond acceptors (Lipinski definition) is 24. The molecule has 0 unspecified atom stereocenters. The van der Waals surface area contributed by atoms with E-state index in [2.05, 4.69) is 31.9 Å². The smallest absolute Gasteiger partial charge is 0.408 e. The standard InChI is InChI=1S/C110H134N6O22S2/c1-17-71(4)88(98(125)112-83(100(127)137-106(11,12)13)69-140-110(78-57-39-24-40-58-78,79-59-41-25-42-60-79)80-61-43-26-44-62-80)114-96(123)81(63-70(2)3)111-99(126)94-90(121)91(122)95(130-67-87(120)136-105(8,9)10)102(134-94)133-92-84(64-117)132-101(131-65-85(118)116-108(72-45-27-18-28-46-72,73-47-29-19-30-48-73)74-49-31-20-32-50-74)89(93(92)129-66-86(119)135-104(5,6)7)115-97(124)82(113-103(128)138-107(14,15)16)68-139-109(75-51-33-21-34-52-75,76-53-35-22-36-54-76)77-55-37-23-38-56-77/h18-62,70-71,81-84,88-95,101-102,117,121-122H,17,63-69H2,1-16H3,(H,111,126)(H,112,125)(H,113,128)(H,114,123)(H,115,124)(H,116,118)/t71-,81-,82-,83-,84+,88-,89+,90-,91-,92+,93+,94-,95+,101+,102+/m0/s1. The van der Waals surface area contributed by atoms with Crippen molar-refractivity contribution in [3.05, 3.63) is 323 Å². The number of alkyl carbamates (subject to hydrolysis) is 1. The summed E-state index contributed by atoms with van der Waals surface area (Å²) < 4.78 is 61.5. The first-order chi connectivity index (χ1) is 66.6. The zero-order valence-electron chi connectivity index (χ0n) is 82.3. The molecule has 30 heteroatoms. The molecule has 0 aliphatic carbocycles. The molecule has 9 aromatic carbocycles. The van der Waals surface area contributed by atoms with Gasteiger partial charge in [0.25, 0.3) is 5.91 Å². The molecule has 9 N–H and O–H groups in total. The van der Waals surface area contributed by atoms with Crippen LogP contribution in [0.25, 0.3) is 0 Å². The van der Waals surface area contributed by atoms with Gasteiger partial charge in [-0.2, -0.15) is 0 Å². The maximum Gasteiger partial charge on any atom is 0.408 e. The van der Waals surface area contributed by atoms with Crippen LogP contribution in [-0.2, 0) is 101 Å². The molecule has 2 aliphatic heterocycles. The SMILES string of the molecule is CC[C@H](C)[C@H](NC(=O)[C@H](CC(C)C)NC(=O)[C@H]1O[C@@H](O[C@H]2[C@H](OCC(=O)OC(C)(C)C)[C@@H](NC(=O)[C@H](CSC(c3ccccc3)(c3ccccc3)c3ccccc3)NC(=O)OC(C)(C)C)[C@H](OCC(=O)NC(c3ccccc3)(c3ccccc3)c3ccccc3)O[C@@H]2CO)[C@H](OCC(=O)OC(C)(C)C)[C@@H](O)[C@@H]1O)C(=O)N[C@@H](CSC(c1ccccc1)(c1ccccc1)c1ccccc1)C(=O)OC(C)(C)C. The van der Waals surface area contributed by atoms with Gasteiger partial charge in [0.2, 0.25) is 23.6 Å². The summed E-state index contributed by atoms with van der Waals surface area (Å²) in [5.41, 5.74) is 1.02. The number of benzene rings is 9. The number of carbonyl (C=O) groups excluding carboxylic acids is 9. The third-order valence-electron chi connectivity index (χ3n) is 23.3. The summed E-state index contributed by atoms with van der Waals surface area (Å²) in [6, 6.07) is 77.7. The molecule has 0 spiro atoms. The van der Waals surface area contributed by atoms with Crippen molar-refractivity contribution in [1.82, 2.24) is 31.9 Å². The summed E-state index contributed by atoms with van der Waals surface area (Å²) in [4.78, 5) is 137. The number of amides is 6. The Labute approximate surface area is 829 Å². The van der Waals surface area contributed by atoms with Gasteiger partial charge < -0.3 is 94.6 Å². The fourth-order valence-corrected chi connectivity index (χ4v) is 20.1. The van der Waals surface area contributed by atoms with Gasteiger partial charge in [-0.25, -0.2) is 19.2 Å². The molecule has 0 bridgehead atoms. The zero-order chi connectivity index (χ0) is 101. The summed E-state index contributed by atoms with van der Waals surface area (Å²) in [6.45, 7) is 22.8. The minimum absolute atomic E-state index is 0.0562. The van der Waals surface area contributed by atoms with Crippen molar-refractivity contribution >= 4 is 77.1 Å². The number of thioether (sulfide) groups is 2. The number of ether oxygens (including phenoxy) is 10. The van der Waals surface area contributed by atoms with E-state index in [1.165, 1.54) is 23.5 Å². The van der Waals surface area contributed by atoms with Gasteiger partial charge in [0, 0.05) is 11.5 Å². The van der Waals surface area contributed by atoms with E-state index in [9.17, 15) is 34.5 Å². The predicted molar refractivity (Wildman–Crippen MR) is 535 cm³/mol. The highest BCUT2D eigenvalue weighted by Gasteiger charge is 2.57. The van der Waals surface area contributed by atoms with Crippen molar-refractivity contribution in [2.75, 3.05) is 37.9 Å². The van der Waals surface area contributed by atoms with E-state index in [4.69, 9.17) is 47.4 Å². The van der Waals surface area contributed by atoms with Crippen LogP contribution >= 0.6 is 23.5 Å². The van der Waals surface area contributed by atoms with E-state index in [1.807, 2.05) is 280 Å². The Morgan fingerprint density at radius 1 is 0.393 bits per heavy atom. The van der Waals surface area contributed by atoms with Crippen LogP contribution in [0.4, 0.5) is 4.79 Å². The van der Waals surface area contributed by atoms with E-state index in [0.717, 1.165) is 33.4 Å². The Kier molecular flexibility index (Phi) is 38.2. The van der Waals surface area contributed by atoms with Crippen LogP contribution in [0.3, 0.4) is 0 Å². The normalized spacial score (nSPS) is 19.8.